The highest BCUT2D eigenvalue weighted by Crippen LogP contribution is 2.49. The number of thioether (sulfide) groups is 1. The molecule has 0 saturated heterocycles. The first-order chi connectivity index (χ1) is 14.7. The fraction of sp³-hybridized carbons (Fsp3) is 0.167. The van der Waals surface area contributed by atoms with Crippen LogP contribution in [-0.4, -0.2) is 32.1 Å². The number of carbonyl (C=O) groups is 1. The van der Waals surface area contributed by atoms with Crippen LogP contribution in [0.4, 0.5) is 0 Å². The number of hydrogen-bond donors (Lipinski definition) is 1. The molecule has 0 fully saturated rings. The number of benzene rings is 3. The second-order valence-electron chi connectivity index (χ2n) is 6.77. The fourth-order valence-corrected chi connectivity index (χ4v) is 4.74. The van der Waals surface area contributed by atoms with Crippen molar-refractivity contribution in [3.05, 3.63) is 83.4 Å². The van der Waals surface area contributed by atoms with Crippen LogP contribution in [0.3, 0.4) is 0 Å². The van der Waals surface area contributed by atoms with Crippen molar-refractivity contribution < 1.29 is 14.3 Å². The van der Waals surface area contributed by atoms with Crippen LogP contribution >= 0.6 is 11.8 Å². The van der Waals surface area contributed by atoms with E-state index >= 15 is 0 Å². The summed E-state index contributed by atoms with van der Waals surface area (Å²) in [6.07, 6.45) is 1.59. The molecule has 0 atom stereocenters. The minimum atomic E-state index is -0.140. The molecule has 0 heterocycles. The first-order valence-corrected chi connectivity index (χ1v) is 10.6. The standard InChI is InChI=1S/C24H22N2O3S/c1-28-21-12-11-16(13-22(21)29-2)14-25-26-23(27)15-30-24-19-9-5-3-7-17(19)18-8-4-6-10-20(18)24/h3-14,24H,15H2,1-2H3,(H,26,27)/b25-14-. The van der Waals surface area contributed by atoms with Crippen molar-refractivity contribution in [1.29, 1.82) is 0 Å². The van der Waals surface area contributed by atoms with E-state index in [9.17, 15) is 4.79 Å². The molecule has 30 heavy (non-hydrogen) atoms. The number of methoxy groups -OCH3 is 2. The molecule has 0 aliphatic heterocycles. The van der Waals surface area contributed by atoms with Crippen molar-refractivity contribution >= 4 is 23.9 Å². The van der Waals surface area contributed by atoms with Gasteiger partial charge in [0.2, 0.25) is 5.91 Å². The van der Waals surface area contributed by atoms with Crippen LogP contribution in [0.15, 0.2) is 71.8 Å². The Labute approximate surface area is 180 Å². The molecule has 0 aromatic heterocycles. The number of nitrogens with one attached hydrogen (secondary N) is 1. The third-order valence-electron chi connectivity index (χ3n) is 4.97. The van der Waals surface area contributed by atoms with Gasteiger partial charge in [-0.2, -0.15) is 5.10 Å². The molecule has 1 aliphatic carbocycles. The third kappa shape index (κ3) is 4.04. The van der Waals surface area contributed by atoms with Crippen molar-refractivity contribution in [3.63, 3.8) is 0 Å². The number of hydrazone groups is 1. The van der Waals surface area contributed by atoms with Crippen LogP contribution in [-0.2, 0) is 4.79 Å². The van der Waals surface area contributed by atoms with Gasteiger partial charge in [-0.15, -0.1) is 11.8 Å². The maximum absolute atomic E-state index is 12.3. The second kappa shape index (κ2) is 9.05. The highest BCUT2D eigenvalue weighted by molar-refractivity contribution is 8.00. The molecule has 1 aliphatic rings. The van der Waals surface area contributed by atoms with E-state index in [1.807, 2.05) is 18.2 Å². The number of hydrogen-bond acceptors (Lipinski definition) is 5. The quantitative estimate of drug-likeness (QED) is 0.448. The molecule has 0 spiro atoms. The largest absolute Gasteiger partial charge is 0.493 e. The Hall–Kier alpha value is -3.25. The summed E-state index contributed by atoms with van der Waals surface area (Å²) in [7, 11) is 3.17. The predicted molar refractivity (Wildman–Crippen MR) is 121 cm³/mol. The molecule has 3 aromatic carbocycles. The van der Waals surface area contributed by atoms with Crippen molar-refractivity contribution in [2.45, 2.75) is 5.25 Å². The van der Waals surface area contributed by atoms with E-state index in [4.69, 9.17) is 9.47 Å². The van der Waals surface area contributed by atoms with E-state index in [0.717, 1.165) is 5.56 Å². The molecule has 152 valence electrons. The SMILES string of the molecule is COc1ccc(/C=N\NC(=O)CSC2c3ccccc3-c3ccccc32)cc1OC. The van der Waals surface area contributed by atoms with Gasteiger partial charge in [-0.1, -0.05) is 48.5 Å². The van der Waals surface area contributed by atoms with Crippen LogP contribution < -0.4 is 14.9 Å². The zero-order valence-corrected chi connectivity index (χ0v) is 17.6. The van der Waals surface area contributed by atoms with E-state index in [-0.39, 0.29) is 11.2 Å². The Morgan fingerprint density at radius 2 is 1.60 bits per heavy atom. The monoisotopic (exact) mass is 418 g/mol. The summed E-state index contributed by atoms with van der Waals surface area (Å²) < 4.78 is 10.5. The lowest BCUT2D eigenvalue weighted by Crippen LogP contribution is -2.20. The fourth-order valence-electron chi connectivity index (χ4n) is 3.59. The average molecular weight is 419 g/mol. The molecule has 0 bridgehead atoms. The maximum Gasteiger partial charge on any atom is 0.250 e. The van der Waals surface area contributed by atoms with Gasteiger partial charge in [0.15, 0.2) is 11.5 Å². The van der Waals surface area contributed by atoms with E-state index in [1.54, 1.807) is 44.3 Å². The van der Waals surface area contributed by atoms with Crippen LogP contribution in [0.5, 0.6) is 11.5 Å². The van der Waals surface area contributed by atoms with Crippen molar-refractivity contribution in [1.82, 2.24) is 5.43 Å². The van der Waals surface area contributed by atoms with Gasteiger partial charge >= 0.3 is 0 Å². The van der Waals surface area contributed by atoms with Crippen LogP contribution in [0.25, 0.3) is 11.1 Å². The van der Waals surface area contributed by atoms with Gasteiger partial charge in [0.05, 0.1) is 31.4 Å². The minimum absolute atomic E-state index is 0.140. The molecule has 0 saturated carbocycles. The first kappa shape index (κ1) is 20.0. The smallest absolute Gasteiger partial charge is 0.250 e. The first-order valence-electron chi connectivity index (χ1n) is 9.55. The molecule has 4 rings (SSSR count). The minimum Gasteiger partial charge on any atom is -0.493 e. The summed E-state index contributed by atoms with van der Waals surface area (Å²) in [6, 6.07) is 22.2. The second-order valence-corrected chi connectivity index (χ2v) is 7.87. The number of rotatable bonds is 7. The molecular formula is C24H22N2O3S. The molecular weight excluding hydrogens is 396 g/mol. The van der Waals surface area contributed by atoms with Crippen molar-refractivity contribution in [2.24, 2.45) is 5.10 Å². The van der Waals surface area contributed by atoms with E-state index in [2.05, 4.69) is 46.9 Å². The topological polar surface area (TPSA) is 59.9 Å². The number of ether oxygens (including phenoxy) is 2. The summed E-state index contributed by atoms with van der Waals surface area (Å²) in [6.45, 7) is 0. The Morgan fingerprint density at radius 1 is 0.967 bits per heavy atom. The van der Waals surface area contributed by atoms with Gasteiger partial charge in [-0.25, -0.2) is 5.43 Å². The maximum atomic E-state index is 12.3. The number of fused-ring (bicyclic) bond motifs is 3. The Morgan fingerprint density at radius 3 is 2.23 bits per heavy atom. The molecule has 6 heteroatoms. The van der Waals surface area contributed by atoms with E-state index < -0.39 is 0 Å². The molecule has 3 aromatic rings. The summed E-state index contributed by atoms with van der Waals surface area (Å²) >= 11 is 1.61. The van der Waals surface area contributed by atoms with Gasteiger partial charge in [0, 0.05) is 0 Å². The van der Waals surface area contributed by atoms with Gasteiger partial charge in [0.25, 0.3) is 0 Å². The average Bonchev–Trinajstić information content (AvgIpc) is 3.11. The number of carbonyl (C=O) groups excluding carboxylic acids is 1. The molecule has 5 nitrogen and oxygen atoms in total. The zero-order chi connectivity index (χ0) is 20.9. The van der Waals surface area contributed by atoms with Gasteiger partial charge < -0.3 is 9.47 Å². The summed E-state index contributed by atoms with van der Waals surface area (Å²) in [5.41, 5.74) is 8.42. The zero-order valence-electron chi connectivity index (χ0n) is 16.8. The van der Waals surface area contributed by atoms with Crippen molar-refractivity contribution in [3.8, 4) is 22.6 Å². The predicted octanol–water partition coefficient (Wildman–Crippen LogP) is 4.66. The van der Waals surface area contributed by atoms with E-state index in [1.165, 1.54) is 22.3 Å². The summed E-state index contributed by atoms with van der Waals surface area (Å²) in [5, 5.41) is 4.22. The highest BCUT2D eigenvalue weighted by Gasteiger charge is 2.28. The van der Waals surface area contributed by atoms with E-state index in [0.29, 0.717) is 17.3 Å². The Balaban J connectivity index is 1.38. The number of nitrogens with zero attached hydrogens (tertiary/aromatic N) is 1. The van der Waals surface area contributed by atoms with Crippen molar-refractivity contribution in [2.75, 3.05) is 20.0 Å². The highest BCUT2D eigenvalue weighted by atomic mass is 32.2. The Bertz CT molecular complexity index is 1050. The molecule has 0 radical (unpaired) electrons. The summed E-state index contributed by atoms with van der Waals surface area (Å²) in [5.74, 6) is 1.43. The lowest BCUT2D eigenvalue weighted by Gasteiger charge is -2.12. The van der Waals surface area contributed by atoms with Crippen LogP contribution in [0.2, 0.25) is 0 Å². The Kier molecular flexibility index (Phi) is 6.05. The number of amides is 1. The van der Waals surface area contributed by atoms with Gasteiger partial charge in [-0.3, -0.25) is 4.79 Å². The normalized spacial score (nSPS) is 12.5. The molecule has 1 N–H and O–H groups in total. The lowest BCUT2D eigenvalue weighted by atomic mass is 10.1. The van der Waals surface area contributed by atoms with Crippen LogP contribution in [0.1, 0.15) is 21.9 Å². The summed E-state index contributed by atoms with van der Waals surface area (Å²) in [4.78, 5) is 12.3. The third-order valence-corrected chi connectivity index (χ3v) is 6.24. The van der Waals surface area contributed by atoms with Gasteiger partial charge in [0.1, 0.15) is 0 Å². The van der Waals surface area contributed by atoms with Gasteiger partial charge in [-0.05, 0) is 46.0 Å². The molecule has 1 amide bonds. The lowest BCUT2D eigenvalue weighted by molar-refractivity contribution is -0.118. The molecule has 0 unspecified atom stereocenters. The van der Waals surface area contributed by atoms with Crippen LogP contribution in [0, 0.1) is 0 Å².